The van der Waals surface area contributed by atoms with Gasteiger partial charge in [0.2, 0.25) is 0 Å². The van der Waals surface area contributed by atoms with E-state index in [1.54, 1.807) is 23.9 Å². The molecule has 0 spiro atoms. The summed E-state index contributed by atoms with van der Waals surface area (Å²) in [6.07, 6.45) is 1.72. The van der Waals surface area contributed by atoms with E-state index < -0.39 is 0 Å². The maximum absolute atomic E-state index is 12.6. The van der Waals surface area contributed by atoms with Crippen LogP contribution < -0.4 is 10.1 Å². The predicted octanol–water partition coefficient (Wildman–Crippen LogP) is 3.13. The summed E-state index contributed by atoms with van der Waals surface area (Å²) in [6, 6.07) is 11.1. The Morgan fingerprint density at radius 2 is 2.04 bits per heavy atom. The standard InChI is InChI=1S/C18H21N3O2/c1-12(2)13(3)20-18(22)17-14(11-19)8-9-21(17)15-6-5-7-16(10-15)23-4/h5-10,12-13H,1-4H3,(H,20,22). The van der Waals surface area contributed by atoms with Gasteiger partial charge in [0, 0.05) is 24.0 Å². The SMILES string of the molecule is COc1cccc(-n2ccc(C#N)c2C(=O)NC(C)C(C)C)c1. The van der Waals surface area contributed by atoms with Crippen molar-refractivity contribution >= 4 is 5.91 Å². The summed E-state index contributed by atoms with van der Waals surface area (Å²) >= 11 is 0. The van der Waals surface area contributed by atoms with E-state index in [1.165, 1.54) is 0 Å². The van der Waals surface area contributed by atoms with Crippen LogP contribution in [0.4, 0.5) is 0 Å². The van der Waals surface area contributed by atoms with Crippen molar-refractivity contribution in [2.45, 2.75) is 26.8 Å². The van der Waals surface area contributed by atoms with Gasteiger partial charge in [-0.3, -0.25) is 4.79 Å². The summed E-state index contributed by atoms with van der Waals surface area (Å²) < 4.78 is 6.94. The summed E-state index contributed by atoms with van der Waals surface area (Å²) in [6.45, 7) is 6.03. The van der Waals surface area contributed by atoms with Crippen LogP contribution in [0.15, 0.2) is 36.5 Å². The fraction of sp³-hybridized carbons (Fsp3) is 0.333. The van der Waals surface area contributed by atoms with E-state index in [2.05, 4.69) is 11.4 Å². The normalized spacial score (nSPS) is 11.8. The van der Waals surface area contributed by atoms with Crippen molar-refractivity contribution in [1.82, 2.24) is 9.88 Å². The maximum atomic E-state index is 12.6. The molecule has 1 N–H and O–H groups in total. The zero-order valence-corrected chi connectivity index (χ0v) is 13.8. The molecule has 23 heavy (non-hydrogen) atoms. The lowest BCUT2D eigenvalue weighted by atomic mass is 10.1. The highest BCUT2D eigenvalue weighted by atomic mass is 16.5. The Morgan fingerprint density at radius 1 is 1.30 bits per heavy atom. The number of amides is 1. The Labute approximate surface area is 136 Å². The van der Waals surface area contributed by atoms with Gasteiger partial charge in [0.25, 0.3) is 5.91 Å². The van der Waals surface area contributed by atoms with Gasteiger partial charge in [-0.05, 0) is 31.0 Å². The van der Waals surface area contributed by atoms with E-state index in [9.17, 15) is 10.1 Å². The molecule has 1 aromatic heterocycles. The summed E-state index contributed by atoms with van der Waals surface area (Å²) in [5.74, 6) is 0.747. The molecule has 0 aliphatic heterocycles. The second kappa shape index (κ2) is 7.01. The van der Waals surface area contributed by atoms with E-state index in [1.807, 2.05) is 45.0 Å². The second-order valence-corrected chi connectivity index (χ2v) is 5.77. The van der Waals surface area contributed by atoms with E-state index in [0.717, 1.165) is 5.69 Å². The van der Waals surface area contributed by atoms with Gasteiger partial charge in [-0.2, -0.15) is 5.26 Å². The Kier molecular flexibility index (Phi) is 5.07. The first-order valence-corrected chi connectivity index (χ1v) is 7.54. The summed E-state index contributed by atoms with van der Waals surface area (Å²) in [5, 5.41) is 12.3. The summed E-state index contributed by atoms with van der Waals surface area (Å²) in [7, 11) is 1.59. The molecule has 0 aliphatic rings. The Morgan fingerprint density at radius 3 is 2.65 bits per heavy atom. The molecule has 2 aromatic rings. The monoisotopic (exact) mass is 311 g/mol. The van der Waals surface area contributed by atoms with Crippen molar-refractivity contribution in [1.29, 1.82) is 5.26 Å². The fourth-order valence-electron chi connectivity index (χ4n) is 2.17. The Balaban J connectivity index is 2.44. The van der Waals surface area contributed by atoms with Crippen molar-refractivity contribution in [3.63, 3.8) is 0 Å². The molecule has 0 bridgehead atoms. The van der Waals surface area contributed by atoms with E-state index in [-0.39, 0.29) is 11.9 Å². The minimum Gasteiger partial charge on any atom is -0.497 e. The first-order chi connectivity index (χ1) is 11.0. The van der Waals surface area contributed by atoms with Crippen molar-refractivity contribution in [2.75, 3.05) is 7.11 Å². The van der Waals surface area contributed by atoms with E-state index >= 15 is 0 Å². The molecule has 0 saturated heterocycles. The Hall–Kier alpha value is -2.74. The predicted molar refractivity (Wildman–Crippen MR) is 88.8 cm³/mol. The van der Waals surface area contributed by atoms with Crippen molar-refractivity contribution in [3.8, 4) is 17.5 Å². The van der Waals surface area contributed by atoms with Crippen LogP contribution in [0.3, 0.4) is 0 Å². The van der Waals surface area contributed by atoms with Crippen LogP contribution in [0.5, 0.6) is 5.75 Å². The first kappa shape index (κ1) is 16.6. The van der Waals surface area contributed by atoms with E-state index in [0.29, 0.717) is 22.9 Å². The number of carbonyl (C=O) groups excluding carboxylic acids is 1. The summed E-state index contributed by atoms with van der Waals surface area (Å²) in [5.41, 5.74) is 1.46. The zero-order valence-electron chi connectivity index (χ0n) is 13.8. The Bertz CT molecular complexity index is 741. The zero-order chi connectivity index (χ0) is 17.0. The second-order valence-electron chi connectivity index (χ2n) is 5.77. The molecule has 0 radical (unpaired) electrons. The molecule has 1 heterocycles. The number of nitrogens with one attached hydrogen (secondary N) is 1. The summed E-state index contributed by atoms with van der Waals surface area (Å²) in [4.78, 5) is 12.6. The third-order valence-electron chi connectivity index (χ3n) is 3.91. The highest BCUT2D eigenvalue weighted by molar-refractivity contribution is 5.96. The van der Waals surface area contributed by atoms with Gasteiger partial charge in [-0.1, -0.05) is 19.9 Å². The molecule has 1 aromatic carbocycles. The van der Waals surface area contributed by atoms with Gasteiger partial charge in [0.15, 0.2) is 0 Å². The lowest BCUT2D eigenvalue weighted by Crippen LogP contribution is -2.37. The van der Waals surface area contributed by atoms with Crippen LogP contribution in [0.1, 0.15) is 36.8 Å². The number of hydrogen-bond acceptors (Lipinski definition) is 3. The number of ether oxygens (including phenoxy) is 1. The lowest BCUT2D eigenvalue weighted by Gasteiger charge is -2.18. The number of carbonyl (C=O) groups is 1. The van der Waals surface area contributed by atoms with Crippen LogP contribution in [0, 0.1) is 17.2 Å². The highest BCUT2D eigenvalue weighted by Gasteiger charge is 2.20. The molecule has 120 valence electrons. The van der Waals surface area contributed by atoms with Crippen molar-refractivity contribution < 1.29 is 9.53 Å². The van der Waals surface area contributed by atoms with Crippen LogP contribution in [0.25, 0.3) is 5.69 Å². The molecule has 0 aliphatic carbocycles. The molecule has 1 unspecified atom stereocenters. The smallest absolute Gasteiger partial charge is 0.269 e. The van der Waals surface area contributed by atoms with Crippen LogP contribution >= 0.6 is 0 Å². The van der Waals surface area contributed by atoms with Gasteiger partial charge in [-0.25, -0.2) is 0 Å². The van der Waals surface area contributed by atoms with Crippen LogP contribution in [-0.4, -0.2) is 23.6 Å². The molecular formula is C18H21N3O2. The van der Waals surface area contributed by atoms with Gasteiger partial charge in [0.05, 0.1) is 12.7 Å². The quantitative estimate of drug-likeness (QED) is 0.922. The molecule has 2 rings (SSSR count). The van der Waals surface area contributed by atoms with Gasteiger partial charge >= 0.3 is 0 Å². The van der Waals surface area contributed by atoms with Crippen molar-refractivity contribution in [3.05, 3.63) is 47.8 Å². The number of hydrogen-bond donors (Lipinski definition) is 1. The third kappa shape index (κ3) is 3.54. The number of benzene rings is 1. The van der Waals surface area contributed by atoms with E-state index in [4.69, 9.17) is 4.74 Å². The highest BCUT2D eigenvalue weighted by Crippen LogP contribution is 2.21. The average Bonchev–Trinajstić information content (AvgIpc) is 2.98. The molecule has 0 saturated carbocycles. The van der Waals surface area contributed by atoms with Gasteiger partial charge < -0.3 is 14.6 Å². The minimum atomic E-state index is -0.254. The molecular weight excluding hydrogens is 290 g/mol. The fourth-order valence-corrected chi connectivity index (χ4v) is 2.17. The first-order valence-electron chi connectivity index (χ1n) is 7.54. The molecule has 1 amide bonds. The van der Waals surface area contributed by atoms with Gasteiger partial charge in [0.1, 0.15) is 17.5 Å². The van der Waals surface area contributed by atoms with Crippen molar-refractivity contribution in [2.24, 2.45) is 5.92 Å². The molecule has 0 fully saturated rings. The number of nitrogens with zero attached hydrogens (tertiary/aromatic N) is 2. The number of methoxy groups -OCH3 is 1. The average molecular weight is 311 g/mol. The minimum absolute atomic E-state index is 0.0164. The molecule has 1 atom stereocenters. The van der Waals surface area contributed by atoms with Gasteiger partial charge in [-0.15, -0.1) is 0 Å². The number of aromatic nitrogens is 1. The number of nitriles is 1. The molecule has 5 nitrogen and oxygen atoms in total. The largest absolute Gasteiger partial charge is 0.497 e. The lowest BCUT2D eigenvalue weighted by molar-refractivity contribution is 0.0923. The third-order valence-corrected chi connectivity index (χ3v) is 3.91. The topological polar surface area (TPSA) is 67.0 Å². The molecule has 5 heteroatoms. The van der Waals surface area contributed by atoms with Crippen LogP contribution in [-0.2, 0) is 0 Å². The maximum Gasteiger partial charge on any atom is 0.269 e. The van der Waals surface area contributed by atoms with Crippen LogP contribution in [0.2, 0.25) is 0 Å². The number of rotatable bonds is 5.